The van der Waals surface area contributed by atoms with Gasteiger partial charge < -0.3 is 14.4 Å². The number of hydrogen-bond donors (Lipinski definition) is 1. The van der Waals surface area contributed by atoms with Crippen LogP contribution in [0.1, 0.15) is 39.2 Å². The maximum atomic E-state index is 12.9. The Kier molecular flexibility index (Phi) is 7.85. The number of unbranched alkanes of at least 4 members (excludes halogenated alkanes) is 1. The molecule has 8 heteroatoms. The zero-order valence-electron chi connectivity index (χ0n) is 21.1. The first-order valence-corrected chi connectivity index (χ1v) is 13.8. The predicted molar refractivity (Wildman–Crippen MR) is 141 cm³/mol. The molecule has 1 atom stereocenters. The van der Waals surface area contributed by atoms with Crippen molar-refractivity contribution in [2.75, 3.05) is 19.6 Å². The SMILES string of the molecule is CC(C)(C)OC(=O)N(CCCCNS(=O)(=O)c1cccc2ccccc12)CC1Cc2ccccc2O1. The minimum absolute atomic E-state index is 0.139. The average Bonchev–Trinajstić information content (AvgIpc) is 3.24. The molecule has 0 saturated carbocycles. The Morgan fingerprint density at radius 2 is 1.75 bits per heavy atom. The van der Waals surface area contributed by atoms with Gasteiger partial charge in [0.15, 0.2) is 0 Å². The van der Waals surface area contributed by atoms with Crippen LogP contribution in [0.4, 0.5) is 4.79 Å². The molecule has 192 valence electrons. The summed E-state index contributed by atoms with van der Waals surface area (Å²) in [6.07, 6.45) is 1.41. The van der Waals surface area contributed by atoms with Gasteiger partial charge in [-0.1, -0.05) is 54.6 Å². The summed E-state index contributed by atoms with van der Waals surface area (Å²) < 4.78 is 40.2. The second-order valence-electron chi connectivity index (χ2n) is 10.1. The normalized spacial score (nSPS) is 15.4. The van der Waals surface area contributed by atoms with Crippen LogP contribution in [0.2, 0.25) is 0 Å². The summed E-state index contributed by atoms with van der Waals surface area (Å²) in [5, 5.41) is 1.57. The van der Waals surface area contributed by atoms with Gasteiger partial charge in [-0.2, -0.15) is 0 Å². The molecule has 1 amide bonds. The fourth-order valence-electron chi connectivity index (χ4n) is 4.33. The van der Waals surface area contributed by atoms with E-state index in [4.69, 9.17) is 9.47 Å². The van der Waals surface area contributed by atoms with E-state index in [1.165, 1.54) is 0 Å². The van der Waals surface area contributed by atoms with Crippen molar-refractivity contribution in [1.82, 2.24) is 9.62 Å². The average molecular weight is 511 g/mol. The van der Waals surface area contributed by atoms with Crippen molar-refractivity contribution in [3.8, 4) is 5.75 Å². The van der Waals surface area contributed by atoms with Gasteiger partial charge in [0.2, 0.25) is 10.0 Å². The lowest BCUT2D eigenvalue weighted by Gasteiger charge is -2.29. The zero-order valence-corrected chi connectivity index (χ0v) is 21.9. The molecule has 36 heavy (non-hydrogen) atoms. The molecule has 3 aromatic rings. The third kappa shape index (κ3) is 6.56. The van der Waals surface area contributed by atoms with Crippen molar-refractivity contribution >= 4 is 26.9 Å². The molecular formula is C28H34N2O5S. The third-order valence-electron chi connectivity index (χ3n) is 5.98. The Labute approximate surface area is 213 Å². The van der Waals surface area contributed by atoms with Crippen LogP contribution in [0.5, 0.6) is 5.75 Å². The smallest absolute Gasteiger partial charge is 0.410 e. The summed E-state index contributed by atoms with van der Waals surface area (Å²) in [5.41, 5.74) is 0.526. The molecule has 1 aliphatic rings. The number of ether oxygens (including phenoxy) is 2. The van der Waals surface area contributed by atoms with Gasteiger partial charge in [-0.3, -0.25) is 0 Å². The molecule has 3 aromatic carbocycles. The highest BCUT2D eigenvalue weighted by atomic mass is 32.2. The predicted octanol–water partition coefficient (Wildman–Crippen LogP) is 5.14. The van der Waals surface area contributed by atoms with Crippen molar-refractivity contribution in [2.24, 2.45) is 0 Å². The Bertz CT molecular complexity index is 1290. The number of benzene rings is 3. The van der Waals surface area contributed by atoms with Crippen molar-refractivity contribution in [1.29, 1.82) is 0 Å². The number of carbonyl (C=O) groups is 1. The summed E-state index contributed by atoms with van der Waals surface area (Å²) in [6, 6.07) is 20.6. The number of fused-ring (bicyclic) bond motifs is 2. The molecule has 0 spiro atoms. The molecule has 0 fully saturated rings. The minimum Gasteiger partial charge on any atom is -0.488 e. The van der Waals surface area contributed by atoms with E-state index in [1.807, 2.05) is 75.4 Å². The van der Waals surface area contributed by atoms with Gasteiger partial charge in [0, 0.05) is 24.9 Å². The van der Waals surface area contributed by atoms with E-state index < -0.39 is 21.7 Å². The van der Waals surface area contributed by atoms with Gasteiger partial charge in [0.05, 0.1) is 11.4 Å². The second kappa shape index (κ2) is 10.9. The fourth-order valence-corrected chi connectivity index (χ4v) is 5.63. The molecule has 1 heterocycles. The molecule has 1 unspecified atom stereocenters. The zero-order chi connectivity index (χ0) is 25.8. The van der Waals surface area contributed by atoms with Crippen LogP contribution in [-0.2, 0) is 21.2 Å². The molecule has 4 rings (SSSR count). The van der Waals surface area contributed by atoms with Crippen LogP contribution in [0.15, 0.2) is 71.6 Å². The molecule has 0 bridgehead atoms. The number of sulfonamides is 1. The number of amides is 1. The highest BCUT2D eigenvalue weighted by Gasteiger charge is 2.29. The van der Waals surface area contributed by atoms with Crippen LogP contribution in [0.25, 0.3) is 10.8 Å². The van der Waals surface area contributed by atoms with E-state index in [2.05, 4.69) is 4.72 Å². The summed E-state index contributed by atoms with van der Waals surface area (Å²) in [4.78, 5) is 14.8. The van der Waals surface area contributed by atoms with E-state index in [0.717, 1.165) is 23.1 Å². The number of rotatable bonds is 9. The van der Waals surface area contributed by atoms with Crippen LogP contribution in [0.3, 0.4) is 0 Å². The number of nitrogens with zero attached hydrogens (tertiary/aromatic N) is 1. The standard InChI is InChI=1S/C28H34N2O5S/c1-28(2,3)35-27(31)30(20-23-19-22-12-5-7-15-25(22)34-23)18-9-8-17-29-36(32,33)26-16-10-13-21-11-4-6-14-24(21)26/h4-7,10-16,23,29H,8-9,17-20H2,1-3H3. The largest absolute Gasteiger partial charge is 0.488 e. The molecule has 0 aromatic heterocycles. The monoisotopic (exact) mass is 510 g/mol. The van der Waals surface area contributed by atoms with Gasteiger partial charge in [-0.25, -0.2) is 17.9 Å². The third-order valence-corrected chi connectivity index (χ3v) is 7.49. The van der Waals surface area contributed by atoms with E-state index >= 15 is 0 Å². The second-order valence-corrected chi connectivity index (χ2v) is 11.8. The lowest BCUT2D eigenvalue weighted by molar-refractivity contribution is 0.0179. The van der Waals surface area contributed by atoms with Crippen LogP contribution >= 0.6 is 0 Å². The highest BCUT2D eigenvalue weighted by molar-refractivity contribution is 7.89. The van der Waals surface area contributed by atoms with E-state index in [9.17, 15) is 13.2 Å². The van der Waals surface area contributed by atoms with Crippen molar-refractivity contribution in [3.63, 3.8) is 0 Å². The Morgan fingerprint density at radius 1 is 1.03 bits per heavy atom. The van der Waals surface area contributed by atoms with Crippen LogP contribution in [0, 0.1) is 0 Å². The van der Waals surface area contributed by atoms with Gasteiger partial charge in [-0.15, -0.1) is 0 Å². The fraction of sp³-hybridized carbons (Fsp3) is 0.393. The van der Waals surface area contributed by atoms with Crippen molar-refractivity contribution < 1.29 is 22.7 Å². The summed E-state index contributed by atoms with van der Waals surface area (Å²) in [7, 11) is -3.65. The van der Waals surface area contributed by atoms with Crippen LogP contribution in [-0.4, -0.2) is 50.8 Å². The topological polar surface area (TPSA) is 84.9 Å². The van der Waals surface area contributed by atoms with E-state index in [0.29, 0.717) is 31.3 Å². The van der Waals surface area contributed by atoms with Gasteiger partial charge in [-0.05, 0) is 56.7 Å². The molecule has 0 radical (unpaired) electrons. The van der Waals surface area contributed by atoms with E-state index in [-0.39, 0.29) is 17.5 Å². The quantitative estimate of drug-likeness (QED) is 0.403. The number of nitrogens with one attached hydrogen (secondary N) is 1. The van der Waals surface area contributed by atoms with Crippen molar-refractivity contribution in [2.45, 2.75) is 56.6 Å². The number of carbonyl (C=O) groups excluding carboxylic acids is 1. The van der Waals surface area contributed by atoms with E-state index in [1.54, 1.807) is 17.0 Å². The van der Waals surface area contributed by atoms with Gasteiger partial charge in [0.1, 0.15) is 17.5 Å². The summed E-state index contributed by atoms with van der Waals surface area (Å²) in [6.45, 7) is 6.65. The maximum Gasteiger partial charge on any atom is 0.410 e. The molecule has 0 saturated heterocycles. The highest BCUT2D eigenvalue weighted by Crippen LogP contribution is 2.29. The molecule has 1 N–H and O–H groups in total. The van der Waals surface area contributed by atoms with Gasteiger partial charge >= 0.3 is 6.09 Å². The first kappa shape index (κ1) is 26.0. The number of para-hydroxylation sites is 1. The number of hydrogen-bond acceptors (Lipinski definition) is 5. The lowest BCUT2D eigenvalue weighted by atomic mass is 10.1. The van der Waals surface area contributed by atoms with Crippen molar-refractivity contribution in [3.05, 3.63) is 72.3 Å². The molecule has 1 aliphatic heterocycles. The first-order chi connectivity index (χ1) is 17.1. The Balaban J connectivity index is 1.33. The minimum atomic E-state index is -3.65. The maximum absolute atomic E-state index is 12.9. The summed E-state index contributed by atoms with van der Waals surface area (Å²) in [5.74, 6) is 0.856. The molecule has 7 nitrogen and oxygen atoms in total. The van der Waals surface area contributed by atoms with Crippen LogP contribution < -0.4 is 9.46 Å². The lowest BCUT2D eigenvalue weighted by Crippen LogP contribution is -2.43. The Morgan fingerprint density at radius 3 is 2.53 bits per heavy atom. The molecular weight excluding hydrogens is 476 g/mol. The molecule has 0 aliphatic carbocycles. The Hall–Kier alpha value is -3.10. The van der Waals surface area contributed by atoms with Gasteiger partial charge in [0.25, 0.3) is 0 Å². The first-order valence-electron chi connectivity index (χ1n) is 12.3. The summed E-state index contributed by atoms with van der Waals surface area (Å²) >= 11 is 0.